The maximum Gasteiger partial charge on any atom is 0.251 e. The zero-order chi connectivity index (χ0) is 30.0. The molecule has 0 amide bonds. The number of aryl methyl sites for hydroxylation is 1. The van der Waals surface area contributed by atoms with E-state index in [-0.39, 0.29) is 17.5 Å². The minimum Gasteiger partial charge on any atom is -0.299 e. The SMILES string of the molecule is Cc1c(C)n2c(-c3ccccc3)c(-c3ccccc3)c3c2n1-c1cc(C(C)(C)C)cc2c1B3c1ccc(C(C)(C)C)cc1-2. The second-order valence-electron chi connectivity index (χ2n) is 14.7. The summed E-state index contributed by atoms with van der Waals surface area (Å²) in [6, 6.07) is 34.4. The highest BCUT2D eigenvalue weighted by atomic mass is 15.2. The van der Waals surface area contributed by atoms with Gasteiger partial charge in [0, 0.05) is 22.6 Å². The largest absolute Gasteiger partial charge is 0.299 e. The molecule has 0 N–H and O–H groups in total. The molecule has 4 heterocycles. The molecule has 0 saturated carbocycles. The highest BCUT2D eigenvalue weighted by Gasteiger charge is 2.46. The fourth-order valence-electron chi connectivity index (χ4n) is 7.69. The molecule has 4 aromatic carbocycles. The van der Waals surface area contributed by atoms with Gasteiger partial charge in [-0.3, -0.25) is 8.97 Å². The van der Waals surface area contributed by atoms with Crippen molar-refractivity contribution in [3.05, 3.63) is 114 Å². The normalized spacial score (nSPS) is 13.5. The molecule has 6 aromatic rings. The van der Waals surface area contributed by atoms with Gasteiger partial charge in [0.15, 0.2) is 0 Å². The van der Waals surface area contributed by atoms with Crippen LogP contribution in [0.3, 0.4) is 0 Å². The van der Waals surface area contributed by atoms with Crippen LogP contribution in [0.2, 0.25) is 0 Å². The van der Waals surface area contributed by atoms with Crippen molar-refractivity contribution in [3.63, 3.8) is 0 Å². The number of hydrogen-bond donors (Lipinski definition) is 0. The molecule has 0 unspecified atom stereocenters. The Morgan fingerprint density at radius 1 is 0.581 bits per heavy atom. The molecule has 0 fully saturated rings. The molecular weight excluding hydrogens is 519 g/mol. The topological polar surface area (TPSA) is 9.34 Å². The monoisotopic (exact) mass is 558 g/mol. The van der Waals surface area contributed by atoms with E-state index in [4.69, 9.17) is 0 Å². The second-order valence-corrected chi connectivity index (χ2v) is 14.7. The zero-order valence-electron chi connectivity index (χ0n) is 26.6. The Balaban J connectivity index is 1.60. The first kappa shape index (κ1) is 26.4. The maximum absolute atomic E-state index is 2.59. The van der Waals surface area contributed by atoms with Crippen molar-refractivity contribution >= 4 is 28.7 Å². The third kappa shape index (κ3) is 3.54. The third-order valence-corrected chi connectivity index (χ3v) is 10.1. The minimum atomic E-state index is 0.0322. The molecule has 0 aliphatic carbocycles. The van der Waals surface area contributed by atoms with Gasteiger partial charge in [0.1, 0.15) is 5.65 Å². The molecule has 0 bridgehead atoms. The Morgan fingerprint density at radius 3 is 1.81 bits per heavy atom. The fraction of sp³-hybridized carbons (Fsp3) is 0.250. The summed E-state index contributed by atoms with van der Waals surface area (Å²) in [5.41, 5.74) is 20.5. The summed E-state index contributed by atoms with van der Waals surface area (Å²) < 4.78 is 5.15. The van der Waals surface area contributed by atoms with Crippen LogP contribution in [0, 0.1) is 13.8 Å². The summed E-state index contributed by atoms with van der Waals surface area (Å²) in [7, 11) is 0. The van der Waals surface area contributed by atoms with Crippen LogP contribution in [0.1, 0.15) is 64.1 Å². The number of imidazole rings is 1. The molecule has 0 spiro atoms. The van der Waals surface area contributed by atoms with Crippen molar-refractivity contribution < 1.29 is 0 Å². The van der Waals surface area contributed by atoms with Crippen LogP contribution in [0.4, 0.5) is 0 Å². The van der Waals surface area contributed by atoms with Gasteiger partial charge in [-0.15, -0.1) is 0 Å². The quantitative estimate of drug-likeness (QED) is 0.190. The van der Waals surface area contributed by atoms with E-state index < -0.39 is 0 Å². The average Bonchev–Trinajstić information content (AvgIpc) is 3.59. The smallest absolute Gasteiger partial charge is 0.251 e. The Bertz CT molecular complexity index is 2090. The molecule has 2 nitrogen and oxygen atoms in total. The average molecular weight is 559 g/mol. The van der Waals surface area contributed by atoms with Gasteiger partial charge in [0.2, 0.25) is 0 Å². The number of fused-ring (bicyclic) bond motifs is 5. The van der Waals surface area contributed by atoms with Crippen molar-refractivity contribution in [1.82, 2.24) is 8.97 Å². The molecule has 2 aliphatic heterocycles. The minimum absolute atomic E-state index is 0.0322. The first-order valence-electron chi connectivity index (χ1n) is 15.7. The highest BCUT2D eigenvalue weighted by molar-refractivity contribution is 7.02. The van der Waals surface area contributed by atoms with E-state index in [0.29, 0.717) is 0 Å². The Kier molecular flexibility index (Phi) is 5.32. The van der Waals surface area contributed by atoms with E-state index in [2.05, 4.69) is 155 Å². The molecule has 0 saturated heterocycles. The van der Waals surface area contributed by atoms with Crippen LogP contribution in [-0.4, -0.2) is 15.7 Å². The van der Waals surface area contributed by atoms with Crippen LogP contribution in [0.5, 0.6) is 0 Å². The van der Waals surface area contributed by atoms with Crippen LogP contribution in [0.15, 0.2) is 91.0 Å². The molecule has 2 aliphatic rings. The van der Waals surface area contributed by atoms with Crippen molar-refractivity contribution in [1.29, 1.82) is 0 Å². The third-order valence-electron chi connectivity index (χ3n) is 10.1. The molecular formula is C40H39BN2. The lowest BCUT2D eigenvalue weighted by molar-refractivity contribution is 0.589. The lowest BCUT2D eigenvalue weighted by Gasteiger charge is -2.28. The summed E-state index contributed by atoms with van der Waals surface area (Å²) in [5.74, 6) is 0. The number of benzene rings is 4. The zero-order valence-corrected chi connectivity index (χ0v) is 26.6. The number of nitrogens with zero attached hydrogens (tertiary/aromatic N) is 2. The van der Waals surface area contributed by atoms with E-state index in [9.17, 15) is 0 Å². The molecule has 2 aromatic heterocycles. The van der Waals surface area contributed by atoms with Crippen LogP contribution in [-0.2, 0) is 10.8 Å². The Labute approximate surface area is 256 Å². The van der Waals surface area contributed by atoms with Gasteiger partial charge in [0.05, 0.1) is 5.69 Å². The molecule has 8 rings (SSSR count). The standard InChI is InChI=1S/C40H39BN2/c1-24-25(2)43-37(27-17-13-10-14-18-27)34(26-15-11-9-12-16-26)36-38(43)42(24)33-23-29(40(6,7)8)22-31-30-21-28(39(3,4)5)19-20-32(30)41(36)35(31)33/h9-23H,1-8H3. The van der Waals surface area contributed by atoms with E-state index in [1.54, 1.807) is 0 Å². The first-order valence-corrected chi connectivity index (χ1v) is 15.7. The van der Waals surface area contributed by atoms with E-state index in [1.165, 1.54) is 83.7 Å². The predicted octanol–water partition coefficient (Wildman–Crippen LogP) is 8.09. The van der Waals surface area contributed by atoms with Crippen molar-refractivity contribution in [2.75, 3.05) is 0 Å². The molecule has 3 heteroatoms. The first-order chi connectivity index (χ1) is 20.5. The van der Waals surface area contributed by atoms with Gasteiger partial charge < -0.3 is 0 Å². The molecule has 43 heavy (non-hydrogen) atoms. The summed E-state index contributed by atoms with van der Waals surface area (Å²) in [4.78, 5) is 0. The summed E-state index contributed by atoms with van der Waals surface area (Å²) in [6.07, 6.45) is 0. The second kappa shape index (κ2) is 8.66. The summed E-state index contributed by atoms with van der Waals surface area (Å²) >= 11 is 0. The van der Waals surface area contributed by atoms with Crippen LogP contribution < -0.4 is 16.4 Å². The molecule has 212 valence electrons. The predicted molar refractivity (Wildman–Crippen MR) is 185 cm³/mol. The number of rotatable bonds is 2. The van der Waals surface area contributed by atoms with E-state index in [1.807, 2.05) is 0 Å². The Morgan fingerprint density at radius 2 is 1.19 bits per heavy atom. The van der Waals surface area contributed by atoms with Gasteiger partial charge in [0.25, 0.3) is 6.71 Å². The van der Waals surface area contributed by atoms with Gasteiger partial charge in [-0.2, -0.15) is 0 Å². The fourth-order valence-corrected chi connectivity index (χ4v) is 7.69. The van der Waals surface area contributed by atoms with Gasteiger partial charge >= 0.3 is 0 Å². The number of hydrogen-bond acceptors (Lipinski definition) is 0. The van der Waals surface area contributed by atoms with Gasteiger partial charge in [-0.1, -0.05) is 132 Å². The summed E-state index contributed by atoms with van der Waals surface area (Å²) in [5, 5.41) is 0. The summed E-state index contributed by atoms with van der Waals surface area (Å²) in [6.45, 7) is 18.8. The van der Waals surface area contributed by atoms with Crippen molar-refractivity contribution in [2.24, 2.45) is 0 Å². The Hall–Kier alpha value is -4.24. The maximum atomic E-state index is 2.59. The van der Waals surface area contributed by atoms with E-state index in [0.717, 1.165) is 0 Å². The molecule has 0 radical (unpaired) electrons. The van der Waals surface area contributed by atoms with Crippen molar-refractivity contribution in [3.8, 4) is 39.2 Å². The van der Waals surface area contributed by atoms with Crippen LogP contribution >= 0.6 is 0 Å². The van der Waals surface area contributed by atoms with Gasteiger partial charge in [-0.25, -0.2) is 0 Å². The van der Waals surface area contributed by atoms with Gasteiger partial charge in [-0.05, 0) is 75.1 Å². The highest BCUT2D eigenvalue weighted by Crippen LogP contribution is 2.43. The van der Waals surface area contributed by atoms with Crippen molar-refractivity contribution in [2.45, 2.75) is 66.2 Å². The lowest BCUT2D eigenvalue weighted by atomic mass is 9.37. The lowest BCUT2D eigenvalue weighted by Crippen LogP contribution is -2.53. The van der Waals surface area contributed by atoms with E-state index >= 15 is 0 Å². The molecule has 0 atom stereocenters. The van der Waals surface area contributed by atoms with Crippen LogP contribution in [0.25, 0.3) is 44.8 Å². The number of aromatic nitrogens is 2.